The highest BCUT2D eigenvalue weighted by Crippen LogP contribution is 2.50. The van der Waals surface area contributed by atoms with Gasteiger partial charge in [-0.3, -0.25) is 4.79 Å². The summed E-state index contributed by atoms with van der Waals surface area (Å²) in [5.41, 5.74) is 15.5. The van der Waals surface area contributed by atoms with Gasteiger partial charge in [0.1, 0.15) is 0 Å². The lowest BCUT2D eigenvalue weighted by Gasteiger charge is -2.23. The Labute approximate surface area is 269 Å². The number of fused-ring (bicyclic) bond motifs is 6. The van der Waals surface area contributed by atoms with Crippen molar-refractivity contribution < 1.29 is 0 Å². The fourth-order valence-corrected chi connectivity index (χ4v) is 8.84. The van der Waals surface area contributed by atoms with E-state index in [0.717, 1.165) is 31.3 Å². The predicted octanol–water partition coefficient (Wildman–Crippen LogP) is 11.7. The summed E-state index contributed by atoms with van der Waals surface area (Å²) in [5, 5.41) is 1.57. The summed E-state index contributed by atoms with van der Waals surface area (Å²) in [6, 6.07) is 35.1. The highest BCUT2D eigenvalue weighted by molar-refractivity contribution is 7.24. The van der Waals surface area contributed by atoms with Crippen LogP contribution < -0.4 is 5.43 Å². The third kappa shape index (κ3) is 4.02. The molecule has 2 heteroatoms. The van der Waals surface area contributed by atoms with Crippen LogP contribution in [-0.2, 0) is 10.8 Å². The average molecular weight is 601 g/mol. The van der Waals surface area contributed by atoms with Gasteiger partial charge in [-0.05, 0) is 111 Å². The van der Waals surface area contributed by atoms with Crippen molar-refractivity contribution in [2.45, 2.75) is 52.4 Å². The van der Waals surface area contributed by atoms with Crippen LogP contribution in [0.25, 0.3) is 59.1 Å². The molecule has 0 unspecified atom stereocenters. The Bertz CT molecular complexity index is 2360. The number of hydrogen-bond donors (Lipinski definition) is 0. The standard InChI is InChI=1S/C43H36OS/c1-7-10-30-25(2)42(3,4)37-21-26(13-17-32(30)37)28-15-19-34-39(23-28)45-40-24-29(16-20-35(40)41(34)44)27-14-18-33-31-11-8-9-12-36(31)43(5,6)38(33)22-27/h7-24H,1-6H3. The zero-order chi connectivity index (χ0) is 31.2. The zero-order valence-electron chi connectivity index (χ0n) is 26.7. The quantitative estimate of drug-likeness (QED) is 0.185. The molecule has 0 atom stereocenters. The molecular weight excluding hydrogens is 565 g/mol. The van der Waals surface area contributed by atoms with Crippen LogP contribution in [0.3, 0.4) is 0 Å². The molecule has 45 heavy (non-hydrogen) atoms. The molecule has 0 fully saturated rings. The fourth-order valence-electron chi connectivity index (χ4n) is 7.69. The molecule has 0 saturated carbocycles. The molecule has 0 radical (unpaired) electrons. The highest BCUT2D eigenvalue weighted by Gasteiger charge is 2.36. The SMILES string of the molecule is CC=CC1=C(C)C(C)(C)c2cc(-c3ccc4c(=O)c5ccc(-c6ccc7c(c6)C(C)(C)c6ccccc6-7)cc5sc4c3)ccc21. The van der Waals surface area contributed by atoms with Crippen LogP contribution in [-0.4, -0.2) is 0 Å². The van der Waals surface area contributed by atoms with Gasteiger partial charge in [-0.25, -0.2) is 0 Å². The van der Waals surface area contributed by atoms with Gasteiger partial charge in [-0.15, -0.1) is 11.3 Å². The van der Waals surface area contributed by atoms with Crippen molar-refractivity contribution in [1.82, 2.24) is 0 Å². The Morgan fingerprint density at radius 1 is 0.578 bits per heavy atom. The average Bonchev–Trinajstić information content (AvgIpc) is 3.39. The van der Waals surface area contributed by atoms with Gasteiger partial charge >= 0.3 is 0 Å². The van der Waals surface area contributed by atoms with E-state index in [2.05, 4.69) is 139 Å². The lowest BCUT2D eigenvalue weighted by Crippen LogP contribution is -2.15. The lowest BCUT2D eigenvalue weighted by molar-refractivity contribution is 0.639. The first-order chi connectivity index (χ1) is 21.6. The van der Waals surface area contributed by atoms with Crippen molar-refractivity contribution in [3.8, 4) is 33.4 Å². The van der Waals surface area contributed by atoms with E-state index in [1.165, 1.54) is 55.7 Å². The maximum atomic E-state index is 13.7. The molecule has 0 aliphatic heterocycles. The molecule has 220 valence electrons. The maximum Gasteiger partial charge on any atom is 0.195 e. The second-order valence-electron chi connectivity index (χ2n) is 13.7. The monoisotopic (exact) mass is 600 g/mol. The molecule has 1 nitrogen and oxygen atoms in total. The second-order valence-corrected chi connectivity index (χ2v) is 14.8. The number of benzene rings is 5. The third-order valence-electron chi connectivity index (χ3n) is 10.6. The van der Waals surface area contributed by atoms with Gasteiger partial charge in [-0.1, -0.05) is 106 Å². The largest absolute Gasteiger partial charge is 0.289 e. The van der Waals surface area contributed by atoms with Gasteiger partial charge < -0.3 is 0 Å². The molecule has 0 amide bonds. The summed E-state index contributed by atoms with van der Waals surface area (Å²) in [4.78, 5) is 13.7. The van der Waals surface area contributed by atoms with Crippen molar-refractivity contribution in [3.05, 3.63) is 147 Å². The normalized spacial score (nSPS) is 16.0. The second kappa shape index (κ2) is 9.73. The van der Waals surface area contributed by atoms with E-state index in [0.29, 0.717) is 0 Å². The minimum Gasteiger partial charge on any atom is -0.289 e. The van der Waals surface area contributed by atoms with Gasteiger partial charge in [0.2, 0.25) is 0 Å². The van der Waals surface area contributed by atoms with Crippen LogP contribution in [0.2, 0.25) is 0 Å². The van der Waals surface area contributed by atoms with Crippen molar-refractivity contribution in [3.63, 3.8) is 0 Å². The molecule has 2 aliphatic rings. The molecule has 0 spiro atoms. The Kier molecular flexibility index (Phi) is 6.05. The summed E-state index contributed by atoms with van der Waals surface area (Å²) >= 11 is 1.71. The summed E-state index contributed by atoms with van der Waals surface area (Å²) < 4.78 is 2.05. The van der Waals surface area contributed by atoms with Crippen molar-refractivity contribution in [2.75, 3.05) is 0 Å². The van der Waals surface area contributed by atoms with E-state index in [9.17, 15) is 4.79 Å². The molecule has 6 aromatic rings. The molecular formula is C43H36OS. The summed E-state index contributed by atoms with van der Waals surface area (Å²) in [5.74, 6) is 0. The summed E-state index contributed by atoms with van der Waals surface area (Å²) in [6.45, 7) is 13.6. The Balaban J connectivity index is 1.22. The van der Waals surface area contributed by atoms with Crippen molar-refractivity contribution in [1.29, 1.82) is 0 Å². The van der Waals surface area contributed by atoms with Gasteiger partial charge in [-0.2, -0.15) is 0 Å². The smallest absolute Gasteiger partial charge is 0.195 e. The summed E-state index contributed by atoms with van der Waals surface area (Å²) in [7, 11) is 0. The van der Waals surface area contributed by atoms with Crippen LogP contribution in [0.15, 0.2) is 120 Å². The lowest BCUT2D eigenvalue weighted by atomic mass is 9.81. The van der Waals surface area contributed by atoms with E-state index in [4.69, 9.17) is 0 Å². The number of hydrogen-bond acceptors (Lipinski definition) is 2. The highest BCUT2D eigenvalue weighted by atomic mass is 32.1. The van der Waals surface area contributed by atoms with E-state index >= 15 is 0 Å². The first kappa shape index (κ1) is 28.0. The first-order valence-electron chi connectivity index (χ1n) is 15.8. The van der Waals surface area contributed by atoms with E-state index in [1.54, 1.807) is 11.3 Å². The van der Waals surface area contributed by atoms with Gasteiger partial charge in [0.25, 0.3) is 0 Å². The third-order valence-corrected chi connectivity index (χ3v) is 11.7. The molecule has 0 saturated heterocycles. The van der Waals surface area contributed by atoms with Crippen LogP contribution in [0.1, 0.15) is 63.8 Å². The van der Waals surface area contributed by atoms with Gasteiger partial charge in [0, 0.05) is 31.0 Å². The molecule has 1 heterocycles. The molecule has 0 bridgehead atoms. The van der Waals surface area contributed by atoms with Crippen LogP contribution in [0.5, 0.6) is 0 Å². The number of rotatable bonds is 3. The van der Waals surface area contributed by atoms with Gasteiger partial charge in [0.05, 0.1) is 0 Å². The Morgan fingerprint density at radius 2 is 1.09 bits per heavy atom. The maximum absolute atomic E-state index is 13.7. The Hall–Kier alpha value is -4.53. The molecule has 1 aromatic heterocycles. The van der Waals surface area contributed by atoms with Crippen molar-refractivity contribution >= 4 is 37.1 Å². The zero-order valence-corrected chi connectivity index (χ0v) is 27.5. The van der Waals surface area contributed by atoms with E-state index in [-0.39, 0.29) is 16.3 Å². The Morgan fingerprint density at radius 3 is 1.71 bits per heavy atom. The molecule has 2 aliphatic carbocycles. The molecule has 0 N–H and O–H groups in total. The first-order valence-corrected chi connectivity index (χ1v) is 16.7. The minimum absolute atomic E-state index is 0.0238. The van der Waals surface area contributed by atoms with E-state index < -0.39 is 0 Å². The van der Waals surface area contributed by atoms with Crippen molar-refractivity contribution in [2.24, 2.45) is 0 Å². The van der Waals surface area contributed by atoms with Crippen LogP contribution in [0, 0.1) is 0 Å². The minimum atomic E-state index is -0.0496. The topological polar surface area (TPSA) is 17.1 Å². The fraction of sp³-hybridized carbons (Fsp3) is 0.186. The van der Waals surface area contributed by atoms with Crippen LogP contribution >= 0.6 is 11.3 Å². The summed E-state index contributed by atoms with van der Waals surface area (Å²) in [6.07, 6.45) is 4.36. The van der Waals surface area contributed by atoms with Crippen LogP contribution in [0.4, 0.5) is 0 Å². The number of allylic oxidation sites excluding steroid dienone is 4. The molecule has 8 rings (SSSR count). The molecule has 5 aromatic carbocycles. The predicted molar refractivity (Wildman–Crippen MR) is 194 cm³/mol. The van der Waals surface area contributed by atoms with E-state index in [1.807, 2.05) is 12.1 Å². The van der Waals surface area contributed by atoms with Gasteiger partial charge in [0.15, 0.2) is 5.43 Å².